The van der Waals surface area contributed by atoms with Crippen molar-refractivity contribution in [3.8, 4) is 5.75 Å². The van der Waals surface area contributed by atoms with Gasteiger partial charge in [-0.2, -0.15) is 0 Å². The molecule has 7 heteroatoms. The Morgan fingerprint density at radius 1 is 0.844 bits per heavy atom. The lowest BCUT2D eigenvalue weighted by Gasteiger charge is -2.15. The molecule has 1 atom stereocenters. The number of nitrogens with one attached hydrogen (secondary N) is 3. The third-order valence-corrected chi connectivity index (χ3v) is 4.79. The molecule has 0 saturated carbocycles. The maximum atomic E-state index is 12.4. The summed E-state index contributed by atoms with van der Waals surface area (Å²) in [6.45, 7) is 5.39. The zero-order chi connectivity index (χ0) is 23.1. The molecule has 32 heavy (non-hydrogen) atoms. The normalized spacial score (nSPS) is 11.6. The van der Waals surface area contributed by atoms with Crippen molar-refractivity contribution >= 4 is 28.5 Å². The second-order valence-electron chi connectivity index (χ2n) is 7.74. The van der Waals surface area contributed by atoms with Crippen LogP contribution in [0.1, 0.15) is 36.7 Å². The second kappa shape index (κ2) is 10.4. The quantitative estimate of drug-likeness (QED) is 0.499. The van der Waals surface area contributed by atoms with Crippen LogP contribution in [0, 0.1) is 0 Å². The number of hydrogen-bond acceptors (Lipinski definition) is 4. The van der Waals surface area contributed by atoms with Crippen LogP contribution >= 0.6 is 0 Å². The third-order valence-electron chi connectivity index (χ3n) is 4.79. The van der Waals surface area contributed by atoms with Crippen molar-refractivity contribution in [1.29, 1.82) is 0 Å². The van der Waals surface area contributed by atoms with Gasteiger partial charge < -0.3 is 10.1 Å². The van der Waals surface area contributed by atoms with E-state index in [4.69, 9.17) is 4.74 Å². The first kappa shape index (κ1) is 22.8. The highest BCUT2D eigenvalue weighted by Crippen LogP contribution is 2.19. The zero-order valence-electron chi connectivity index (χ0n) is 18.3. The van der Waals surface area contributed by atoms with E-state index in [1.807, 2.05) is 56.3 Å². The minimum atomic E-state index is -0.820. The number of ether oxygens (including phenoxy) is 1. The Labute approximate surface area is 187 Å². The molecule has 3 aromatic rings. The Balaban J connectivity index is 1.50. The van der Waals surface area contributed by atoms with Crippen LogP contribution in [-0.2, 0) is 16.0 Å². The summed E-state index contributed by atoms with van der Waals surface area (Å²) < 4.78 is 5.54. The Morgan fingerprint density at radius 3 is 2.25 bits per heavy atom. The van der Waals surface area contributed by atoms with Gasteiger partial charge in [-0.3, -0.25) is 25.2 Å². The summed E-state index contributed by atoms with van der Waals surface area (Å²) in [6, 6.07) is 19.4. The summed E-state index contributed by atoms with van der Waals surface area (Å²) in [5.41, 5.74) is 5.95. The molecule has 3 rings (SSSR count). The smallest absolute Gasteiger partial charge is 0.269 e. The molecule has 0 aliphatic carbocycles. The number of amides is 3. The molecule has 3 N–H and O–H groups in total. The molecule has 0 fully saturated rings. The largest absolute Gasteiger partial charge is 0.491 e. The first-order chi connectivity index (χ1) is 15.3. The first-order valence-corrected chi connectivity index (χ1v) is 10.5. The molecule has 3 amide bonds. The SMILES string of the molecule is CC(C)Oc1ccc(C(=O)NNC(=O)[C@H](C)NC(=O)Cc2cccc3ccccc23)cc1. The molecule has 0 aromatic heterocycles. The van der Waals surface area contributed by atoms with E-state index in [1.54, 1.807) is 31.2 Å². The van der Waals surface area contributed by atoms with Crippen molar-refractivity contribution in [1.82, 2.24) is 16.2 Å². The van der Waals surface area contributed by atoms with Gasteiger partial charge in [-0.05, 0) is 61.4 Å². The molecule has 166 valence electrons. The van der Waals surface area contributed by atoms with Crippen molar-refractivity contribution in [3.05, 3.63) is 77.9 Å². The summed E-state index contributed by atoms with van der Waals surface area (Å²) in [5.74, 6) is -0.618. The summed E-state index contributed by atoms with van der Waals surface area (Å²) >= 11 is 0. The second-order valence-corrected chi connectivity index (χ2v) is 7.74. The molecule has 3 aromatic carbocycles. The van der Waals surface area contributed by atoms with Crippen LogP contribution in [0.5, 0.6) is 5.75 Å². The Hall–Kier alpha value is -3.87. The maximum Gasteiger partial charge on any atom is 0.269 e. The molecule has 0 spiro atoms. The number of hydrazine groups is 1. The van der Waals surface area contributed by atoms with Gasteiger partial charge in [0.15, 0.2) is 0 Å². The highest BCUT2D eigenvalue weighted by atomic mass is 16.5. The van der Waals surface area contributed by atoms with Crippen LogP contribution in [0.25, 0.3) is 10.8 Å². The minimum absolute atomic E-state index is 0.0336. The van der Waals surface area contributed by atoms with Crippen LogP contribution in [0.3, 0.4) is 0 Å². The molecule has 0 aliphatic heterocycles. The van der Waals surface area contributed by atoms with Gasteiger partial charge in [0.25, 0.3) is 11.8 Å². The molecule has 0 saturated heterocycles. The van der Waals surface area contributed by atoms with Crippen molar-refractivity contribution < 1.29 is 19.1 Å². The van der Waals surface area contributed by atoms with E-state index >= 15 is 0 Å². The van der Waals surface area contributed by atoms with E-state index in [0.717, 1.165) is 16.3 Å². The van der Waals surface area contributed by atoms with E-state index in [1.165, 1.54) is 0 Å². The van der Waals surface area contributed by atoms with Crippen LogP contribution < -0.4 is 20.9 Å². The van der Waals surface area contributed by atoms with E-state index in [2.05, 4.69) is 16.2 Å². The Bertz CT molecular complexity index is 1100. The number of carbonyl (C=O) groups excluding carboxylic acids is 3. The van der Waals surface area contributed by atoms with Gasteiger partial charge in [0.1, 0.15) is 11.8 Å². The number of rotatable bonds is 7. The highest BCUT2D eigenvalue weighted by Gasteiger charge is 2.17. The van der Waals surface area contributed by atoms with E-state index in [9.17, 15) is 14.4 Å². The lowest BCUT2D eigenvalue weighted by molar-refractivity contribution is -0.128. The molecule has 7 nitrogen and oxygen atoms in total. The topological polar surface area (TPSA) is 96.5 Å². The number of benzene rings is 3. The molecular formula is C25H27N3O4. The standard InChI is InChI=1S/C25H27N3O4/c1-16(2)32-21-13-11-19(12-14-21)25(31)28-27-24(30)17(3)26-23(29)15-20-9-6-8-18-7-4-5-10-22(18)20/h4-14,16-17H,15H2,1-3H3,(H,26,29)(H,27,30)(H,28,31)/t17-/m0/s1. The maximum absolute atomic E-state index is 12.4. The third kappa shape index (κ3) is 6.07. The monoisotopic (exact) mass is 433 g/mol. The van der Waals surface area contributed by atoms with Crippen LogP contribution in [-0.4, -0.2) is 29.9 Å². The van der Waals surface area contributed by atoms with Crippen molar-refractivity contribution in [2.45, 2.75) is 39.3 Å². The zero-order valence-corrected chi connectivity index (χ0v) is 18.3. The number of carbonyl (C=O) groups is 3. The summed E-state index contributed by atoms with van der Waals surface area (Å²) in [5, 5.41) is 4.71. The van der Waals surface area contributed by atoms with Crippen molar-refractivity contribution in [2.24, 2.45) is 0 Å². The van der Waals surface area contributed by atoms with E-state index in [0.29, 0.717) is 11.3 Å². The number of fused-ring (bicyclic) bond motifs is 1. The predicted octanol–water partition coefficient (Wildman–Crippen LogP) is 3.14. The molecule has 0 unspecified atom stereocenters. The molecular weight excluding hydrogens is 406 g/mol. The molecule has 0 radical (unpaired) electrons. The Kier molecular flexibility index (Phi) is 7.44. The first-order valence-electron chi connectivity index (χ1n) is 10.5. The Morgan fingerprint density at radius 2 is 1.53 bits per heavy atom. The van der Waals surface area contributed by atoms with Gasteiger partial charge in [-0.15, -0.1) is 0 Å². The average molecular weight is 434 g/mol. The fourth-order valence-corrected chi connectivity index (χ4v) is 3.23. The van der Waals surface area contributed by atoms with Crippen LogP contribution in [0.2, 0.25) is 0 Å². The fraction of sp³-hybridized carbons (Fsp3) is 0.240. The van der Waals surface area contributed by atoms with Crippen molar-refractivity contribution in [2.75, 3.05) is 0 Å². The van der Waals surface area contributed by atoms with Gasteiger partial charge in [-0.1, -0.05) is 42.5 Å². The van der Waals surface area contributed by atoms with Gasteiger partial charge >= 0.3 is 0 Å². The molecule has 0 bridgehead atoms. The fourth-order valence-electron chi connectivity index (χ4n) is 3.23. The number of hydrogen-bond donors (Lipinski definition) is 3. The average Bonchev–Trinajstić information content (AvgIpc) is 2.77. The molecule has 0 heterocycles. The summed E-state index contributed by atoms with van der Waals surface area (Å²) in [6.07, 6.45) is 0.183. The van der Waals surface area contributed by atoms with Gasteiger partial charge in [0, 0.05) is 5.56 Å². The highest BCUT2D eigenvalue weighted by molar-refractivity contribution is 5.97. The van der Waals surface area contributed by atoms with Crippen LogP contribution in [0.4, 0.5) is 0 Å². The van der Waals surface area contributed by atoms with Gasteiger partial charge in [-0.25, -0.2) is 0 Å². The van der Waals surface area contributed by atoms with Crippen molar-refractivity contribution in [3.63, 3.8) is 0 Å². The van der Waals surface area contributed by atoms with E-state index in [-0.39, 0.29) is 18.4 Å². The molecule has 0 aliphatic rings. The minimum Gasteiger partial charge on any atom is -0.491 e. The van der Waals surface area contributed by atoms with Gasteiger partial charge in [0.2, 0.25) is 5.91 Å². The lowest BCUT2D eigenvalue weighted by Crippen LogP contribution is -2.51. The van der Waals surface area contributed by atoms with E-state index < -0.39 is 17.9 Å². The summed E-state index contributed by atoms with van der Waals surface area (Å²) in [4.78, 5) is 37.0. The predicted molar refractivity (Wildman–Crippen MR) is 123 cm³/mol. The van der Waals surface area contributed by atoms with Gasteiger partial charge in [0.05, 0.1) is 12.5 Å². The lowest BCUT2D eigenvalue weighted by atomic mass is 10.0. The van der Waals surface area contributed by atoms with Crippen LogP contribution in [0.15, 0.2) is 66.7 Å². The summed E-state index contributed by atoms with van der Waals surface area (Å²) in [7, 11) is 0.